The summed E-state index contributed by atoms with van der Waals surface area (Å²) in [5.41, 5.74) is 0.0377. The number of ether oxygens (including phenoxy) is 1. The zero-order valence-electron chi connectivity index (χ0n) is 14.3. The van der Waals surface area contributed by atoms with Gasteiger partial charge in [-0.3, -0.25) is 9.59 Å². The first-order valence-corrected chi connectivity index (χ1v) is 7.47. The van der Waals surface area contributed by atoms with E-state index in [1.54, 1.807) is 6.07 Å². The summed E-state index contributed by atoms with van der Waals surface area (Å²) in [5.74, 6) is -0.970. The van der Waals surface area contributed by atoms with Crippen LogP contribution in [0.25, 0.3) is 0 Å². The van der Waals surface area contributed by atoms with Crippen LogP contribution in [0.4, 0.5) is 8.78 Å². The highest BCUT2D eigenvalue weighted by Crippen LogP contribution is 2.19. The van der Waals surface area contributed by atoms with E-state index in [0.29, 0.717) is 24.9 Å². The van der Waals surface area contributed by atoms with Gasteiger partial charge in [-0.2, -0.15) is 0 Å². The summed E-state index contributed by atoms with van der Waals surface area (Å²) in [4.78, 5) is 20.4. The van der Waals surface area contributed by atoms with E-state index in [0.717, 1.165) is 6.07 Å². The van der Waals surface area contributed by atoms with E-state index in [4.69, 9.17) is 9.84 Å². The van der Waals surface area contributed by atoms with Gasteiger partial charge in [0.2, 0.25) is 0 Å². The molecule has 0 bridgehead atoms. The van der Waals surface area contributed by atoms with Gasteiger partial charge in [-0.25, -0.2) is 8.78 Å². The summed E-state index contributed by atoms with van der Waals surface area (Å²) in [7, 11) is 0. The lowest BCUT2D eigenvalue weighted by atomic mass is 9.99. The van der Waals surface area contributed by atoms with Gasteiger partial charge in [0, 0.05) is 12.1 Å². The molecule has 0 aliphatic carbocycles. The minimum Gasteiger partial charge on any atom is -0.508 e. The van der Waals surface area contributed by atoms with E-state index in [9.17, 15) is 18.4 Å². The molecule has 0 atom stereocenters. The fourth-order valence-electron chi connectivity index (χ4n) is 1.60. The number of hydrogen-bond donors (Lipinski definition) is 1. The maximum Gasteiger partial charge on any atom is 0.152 e. The van der Waals surface area contributed by atoms with Crippen molar-refractivity contribution in [2.45, 2.75) is 20.8 Å². The fourth-order valence-corrected chi connectivity index (χ4v) is 1.60. The van der Waals surface area contributed by atoms with Gasteiger partial charge >= 0.3 is 0 Å². The Kier molecular flexibility index (Phi) is 7.23. The highest BCUT2D eigenvalue weighted by atomic mass is 19.1. The normalized spacial score (nSPS) is 10.4. The molecule has 1 N–H and O–H groups in total. The highest BCUT2D eigenvalue weighted by Gasteiger charge is 2.11. The lowest BCUT2D eigenvalue weighted by molar-refractivity contribution is 0.111. The lowest BCUT2D eigenvalue weighted by Crippen LogP contribution is -2.16. The van der Waals surface area contributed by atoms with Crippen molar-refractivity contribution in [2.75, 3.05) is 6.61 Å². The molecule has 4 nitrogen and oxygen atoms in total. The molecule has 0 saturated heterocycles. The van der Waals surface area contributed by atoms with E-state index < -0.39 is 11.6 Å². The molecule has 25 heavy (non-hydrogen) atoms. The largest absolute Gasteiger partial charge is 0.508 e. The molecular formula is C19H20F2O4. The average Bonchev–Trinajstić information content (AvgIpc) is 2.53. The maximum absolute atomic E-state index is 13.2. The SMILES string of the molecule is CC(C)(C)COc1ccc(C=O)c(F)c1.O=Cc1ccc(O)cc1F. The lowest BCUT2D eigenvalue weighted by Gasteiger charge is -2.18. The molecule has 2 aromatic carbocycles. The van der Waals surface area contributed by atoms with Crippen molar-refractivity contribution in [3.63, 3.8) is 0 Å². The smallest absolute Gasteiger partial charge is 0.152 e. The summed E-state index contributed by atoms with van der Waals surface area (Å²) >= 11 is 0. The number of benzene rings is 2. The van der Waals surface area contributed by atoms with E-state index in [2.05, 4.69) is 0 Å². The Balaban J connectivity index is 0.000000271. The first-order valence-electron chi connectivity index (χ1n) is 7.47. The Bertz CT molecular complexity index is 737. The Morgan fingerprint density at radius 1 is 0.960 bits per heavy atom. The van der Waals surface area contributed by atoms with Crippen LogP contribution in [0.5, 0.6) is 11.5 Å². The van der Waals surface area contributed by atoms with Crippen LogP contribution in [-0.4, -0.2) is 24.3 Å². The Morgan fingerprint density at radius 2 is 1.48 bits per heavy atom. The van der Waals surface area contributed by atoms with Gasteiger partial charge < -0.3 is 9.84 Å². The third kappa shape index (κ3) is 7.12. The van der Waals surface area contributed by atoms with Crippen molar-refractivity contribution < 1.29 is 28.2 Å². The zero-order valence-corrected chi connectivity index (χ0v) is 14.3. The second-order valence-corrected chi connectivity index (χ2v) is 6.47. The standard InChI is InChI=1S/C12H15FO2.C7H5FO2/c1-12(2,3)8-15-10-5-4-9(7-14)11(13)6-10;8-7-3-6(10)2-1-5(7)4-9/h4-7H,8H2,1-3H3;1-4,10H. The van der Waals surface area contributed by atoms with Crippen LogP contribution in [0.2, 0.25) is 0 Å². The van der Waals surface area contributed by atoms with E-state index in [-0.39, 0.29) is 22.3 Å². The fraction of sp³-hybridized carbons (Fsp3) is 0.263. The van der Waals surface area contributed by atoms with E-state index >= 15 is 0 Å². The number of phenolic OH excluding ortho intramolecular Hbond substituents is 1. The molecule has 0 aliphatic heterocycles. The number of phenols is 1. The highest BCUT2D eigenvalue weighted by molar-refractivity contribution is 5.75. The first-order chi connectivity index (χ1) is 11.7. The Hall–Kier alpha value is -2.76. The molecule has 6 heteroatoms. The molecule has 134 valence electrons. The number of carbonyl (C=O) groups excluding carboxylic acids is 2. The summed E-state index contributed by atoms with van der Waals surface area (Å²) in [6, 6.07) is 7.61. The van der Waals surface area contributed by atoms with Crippen molar-refractivity contribution in [3.05, 3.63) is 59.2 Å². The second-order valence-electron chi connectivity index (χ2n) is 6.47. The van der Waals surface area contributed by atoms with Crippen LogP contribution in [-0.2, 0) is 0 Å². The number of hydrogen-bond acceptors (Lipinski definition) is 4. The molecule has 0 aromatic heterocycles. The first kappa shape index (κ1) is 20.3. The summed E-state index contributed by atoms with van der Waals surface area (Å²) in [6.45, 7) is 6.60. The molecule has 0 saturated carbocycles. The third-order valence-corrected chi connectivity index (χ3v) is 2.88. The van der Waals surface area contributed by atoms with Crippen molar-refractivity contribution in [3.8, 4) is 11.5 Å². The van der Waals surface area contributed by atoms with Gasteiger partial charge in [-0.05, 0) is 29.7 Å². The van der Waals surface area contributed by atoms with E-state index in [1.165, 1.54) is 24.3 Å². The van der Waals surface area contributed by atoms with Crippen LogP contribution < -0.4 is 4.74 Å². The summed E-state index contributed by atoms with van der Waals surface area (Å²) in [5, 5.41) is 8.68. The number of aromatic hydroxyl groups is 1. The van der Waals surface area contributed by atoms with Gasteiger partial charge in [0.1, 0.15) is 23.1 Å². The molecule has 0 fully saturated rings. The van der Waals surface area contributed by atoms with E-state index in [1.807, 2.05) is 20.8 Å². The van der Waals surface area contributed by atoms with Crippen LogP contribution in [0.15, 0.2) is 36.4 Å². The predicted octanol–water partition coefficient (Wildman–Crippen LogP) is 4.41. The topological polar surface area (TPSA) is 63.6 Å². The molecule has 2 rings (SSSR count). The summed E-state index contributed by atoms with van der Waals surface area (Å²) in [6.07, 6.45) is 0.887. The van der Waals surface area contributed by atoms with Crippen molar-refractivity contribution in [1.82, 2.24) is 0 Å². The van der Waals surface area contributed by atoms with Gasteiger partial charge in [-0.1, -0.05) is 20.8 Å². The predicted molar refractivity (Wildman–Crippen MR) is 90.2 cm³/mol. The zero-order chi connectivity index (χ0) is 19.0. The molecule has 2 aromatic rings. The maximum atomic E-state index is 13.2. The molecule has 0 amide bonds. The van der Waals surface area contributed by atoms with Crippen LogP contribution in [0, 0.1) is 17.0 Å². The number of aldehydes is 2. The molecule has 0 heterocycles. The monoisotopic (exact) mass is 350 g/mol. The third-order valence-electron chi connectivity index (χ3n) is 2.88. The molecular weight excluding hydrogens is 330 g/mol. The molecule has 0 aliphatic rings. The van der Waals surface area contributed by atoms with Crippen LogP contribution in [0.3, 0.4) is 0 Å². The quantitative estimate of drug-likeness (QED) is 0.830. The van der Waals surface area contributed by atoms with Gasteiger partial charge in [0.25, 0.3) is 0 Å². The minimum absolute atomic E-state index is 0.0276. The summed E-state index contributed by atoms with van der Waals surface area (Å²) < 4.78 is 31.0. The number of carbonyl (C=O) groups is 2. The Morgan fingerprint density at radius 3 is 1.92 bits per heavy atom. The number of rotatable bonds is 4. The minimum atomic E-state index is -0.699. The molecule has 0 unspecified atom stereocenters. The number of halogens is 2. The van der Waals surface area contributed by atoms with Crippen LogP contribution in [0.1, 0.15) is 41.5 Å². The van der Waals surface area contributed by atoms with Crippen molar-refractivity contribution in [1.29, 1.82) is 0 Å². The van der Waals surface area contributed by atoms with Crippen LogP contribution >= 0.6 is 0 Å². The Labute approximate surface area is 145 Å². The van der Waals surface area contributed by atoms with Gasteiger partial charge in [0.05, 0.1) is 17.7 Å². The van der Waals surface area contributed by atoms with Crippen molar-refractivity contribution >= 4 is 12.6 Å². The van der Waals surface area contributed by atoms with Gasteiger partial charge in [0.15, 0.2) is 12.6 Å². The van der Waals surface area contributed by atoms with Crippen molar-refractivity contribution in [2.24, 2.45) is 5.41 Å². The average molecular weight is 350 g/mol. The molecule has 0 radical (unpaired) electrons. The molecule has 0 spiro atoms. The second kappa shape index (κ2) is 8.92. The van der Waals surface area contributed by atoms with Gasteiger partial charge in [-0.15, -0.1) is 0 Å².